The first-order valence-electron chi connectivity index (χ1n) is 9.45. The number of nitrogens with one attached hydrogen (secondary N) is 1. The van der Waals surface area contributed by atoms with Crippen LogP contribution in [0, 0.1) is 12.3 Å². The van der Waals surface area contributed by atoms with E-state index in [4.69, 9.17) is 11.2 Å². The fourth-order valence-corrected chi connectivity index (χ4v) is 3.84. The number of nitrogens with zero attached hydrogens (tertiary/aromatic N) is 4. The molecule has 28 heavy (non-hydrogen) atoms. The van der Waals surface area contributed by atoms with Crippen LogP contribution in [0.3, 0.4) is 0 Å². The summed E-state index contributed by atoms with van der Waals surface area (Å²) in [5.74, 6) is 2.38. The molecule has 0 spiro atoms. The third kappa shape index (κ3) is 4.75. The van der Waals surface area contributed by atoms with Gasteiger partial charge in [0.05, 0.1) is 18.2 Å². The number of hydrogen-bond donors (Lipinski definition) is 1. The second-order valence-corrected chi connectivity index (χ2v) is 8.13. The molecular formula is C19H25N5O3S. The van der Waals surface area contributed by atoms with E-state index < -0.39 is 11.7 Å². The summed E-state index contributed by atoms with van der Waals surface area (Å²) in [5.41, 5.74) is -0.0521. The van der Waals surface area contributed by atoms with Gasteiger partial charge in [0.15, 0.2) is 5.66 Å². The minimum absolute atomic E-state index is 0.176. The first-order chi connectivity index (χ1) is 13.5. The van der Waals surface area contributed by atoms with Crippen molar-refractivity contribution in [1.29, 1.82) is 0 Å². The van der Waals surface area contributed by atoms with Crippen molar-refractivity contribution in [2.75, 3.05) is 26.3 Å². The molecule has 0 radical (unpaired) electrons. The van der Waals surface area contributed by atoms with Gasteiger partial charge < -0.3 is 15.0 Å². The number of morpholine rings is 1. The summed E-state index contributed by atoms with van der Waals surface area (Å²) in [7, 11) is 0. The maximum atomic E-state index is 12.9. The van der Waals surface area contributed by atoms with E-state index in [2.05, 4.69) is 26.4 Å². The molecule has 8 nitrogen and oxygen atoms in total. The highest BCUT2D eigenvalue weighted by atomic mass is 32.1. The summed E-state index contributed by atoms with van der Waals surface area (Å²) < 4.78 is 5.44. The average Bonchev–Trinajstić information content (AvgIpc) is 3.28. The van der Waals surface area contributed by atoms with Gasteiger partial charge in [-0.2, -0.15) is 10.2 Å². The van der Waals surface area contributed by atoms with E-state index in [9.17, 15) is 9.59 Å². The van der Waals surface area contributed by atoms with Crippen LogP contribution in [-0.4, -0.2) is 59.7 Å². The highest BCUT2D eigenvalue weighted by Gasteiger charge is 2.39. The lowest BCUT2D eigenvalue weighted by Crippen LogP contribution is -2.56. The first-order valence-corrected chi connectivity index (χ1v) is 10.3. The largest absolute Gasteiger partial charge is 0.377 e. The van der Waals surface area contributed by atoms with Crippen molar-refractivity contribution in [3.05, 3.63) is 16.1 Å². The number of thiazole rings is 1. The van der Waals surface area contributed by atoms with Gasteiger partial charge in [-0.3, -0.25) is 9.59 Å². The Labute approximate surface area is 168 Å². The third-order valence-corrected chi connectivity index (χ3v) is 5.95. The van der Waals surface area contributed by atoms with Crippen LogP contribution in [0.15, 0.2) is 15.6 Å². The topological polar surface area (TPSA) is 96.2 Å². The monoisotopic (exact) mass is 403 g/mol. The summed E-state index contributed by atoms with van der Waals surface area (Å²) in [4.78, 5) is 31.6. The van der Waals surface area contributed by atoms with E-state index in [1.165, 1.54) is 11.3 Å². The van der Waals surface area contributed by atoms with Gasteiger partial charge in [-0.15, -0.1) is 23.7 Å². The Morgan fingerprint density at radius 2 is 2.25 bits per heavy atom. The quantitative estimate of drug-likeness (QED) is 0.673. The molecule has 0 aromatic carbocycles. The van der Waals surface area contributed by atoms with Crippen molar-refractivity contribution in [1.82, 2.24) is 15.2 Å². The Morgan fingerprint density at radius 1 is 1.46 bits per heavy atom. The van der Waals surface area contributed by atoms with Gasteiger partial charge in [0.25, 0.3) is 5.91 Å². The van der Waals surface area contributed by atoms with E-state index >= 15 is 0 Å². The molecular weight excluding hydrogens is 378 g/mol. The smallest absolute Gasteiger partial charge is 0.274 e. The Kier molecular flexibility index (Phi) is 6.42. The van der Waals surface area contributed by atoms with Crippen molar-refractivity contribution in [3.63, 3.8) is 0 Å². The van der Waals surface area contributed by atoms with Crippen molar-refractivity contribution < 1.29 is 14.3 Å². The van der Waals surface area contributed by atoms with Crippen LogP contribution in [0.5, 0.6) is 0 Å². The molecule has 1 fully saturated rings. The van der Waals surface area contributed by atoms with Crippen LogP contribution in [-0.2, 0) is 9.53 Å². The zero-order chi connectivity index (χ0) is 20.1. The zero-order valence-corrected chi connectivity index (χ0v) is 17.0. The van der Waals surface area contributed by atoms with Crippen LogP contribution < -0.4 is 5.32 Å². The van der Waals surface area contributed by atoms with Crippen LogP contribution >= 0.6 is 11.3 Å². The lowest BCUT2D eigenvalue weighted by molar-refractivity contribution is -0.130. The predicted octanol–water partition coefficient (Wildman–Crippen LogP) is 2.19. The third-order valence-electron chi connectivity index (χ3n) is 4.80. The summed E-state index contributed by atoms with van der Waals surface area (Å²) in [5, 5.41) is 13.7. The highest BCUT2D eigenvalue weighted by Crippen LogP contribution is 2.36. The molecule has 2 aliphatic heterocycles. The number of rotatable bonds is 8. The molecule has 9 heteroatoms. The van der Waals surface area contributed by atoms with Crippen LogP contribution in [0.2, 0.25) is 0 Å². The summed E-state index contributed by atoms with van der Waals surface area (Å²) in [6, 6.07) is -0.666. The standard InChI is InChI=1S/C19H25N5O3S/c1-4-5-6-19(22-23-19)7-8-20-16(25)15-11-27-10-9-24(15)18(26)14-12-28-17(21-14)13(2)3/h1,12-13,15H,5-11H2,2-3H3,(H,20,25). The van der Waals surface area contributed by atoms with Gasteiger partial charge in [0.1, 0.15) is 11.7 Å². The minimum Gasteiger partial charge on any atom is -0.377 e. The average molecular weight is 404 g/mol. The number of hydrogen-bond acceptors (Lipinski definition) is 7. The van der Waals surface area contributed by atoms with Crippen LogP contribution in [0.4, 0.5) is 0 Å². The molecule has 2 amide bonds. The molecule has 1 saturated heterocycles. The Hall–Kier alpha value is -2.31. The van der Waals surface area contributed by atoms with E-state index in [-0.39, 0.29) is 24.3 Å². The molecule has 2 aliphatic rings. The Bertz CT molecular complexity index is 792. The molecule has 3 rings (SSSR count). The fraction of sp³-hybridized carbons (Fsp3) is 0.632. The lowest BCUT2D eigenvalue weighted by Gasteiger charge is -2.34. The van der Waals surface area contributed by atoms with E-state index in [0.717, 1.165) is 5.01 Å². The lowest BCUT2D eigenvalue weighted by atomic mass is 10.0. The molecule has 1 aromatic heterocycles. The molecule has 0 aliphatic carbocycles. The maximum absolute atomic E-state index is 12.9. The second kappa shape index (κ2) is 8.80. The van der Waals surface area contributed by atoms with Gasteiger partial charge >= 0.3 is 0 Å². The van der Waals surface area contributed by atoms with E-state index in [1.54, 1.807) is 10.3 Å². The molecule has 1 atom stereocenters. The van der Waals surface area contributed by atoms with Crippen molar-refractivity contribution in [2.24, 2.45) is 10.2 Å². The van der Waals surface area contributed by atoms with Gasteiger partial charge in [-0.1, -0.05) is 13.8 Å². The number of ether oxygens (including phenoxy) is 1. The van der Waals surface area contributed by atoms with Gasteiger partial charge in [-0.05, 0) is 0 Å². The van der Waals surface area contributed by atoms with E-state index in [0.29, 0.717) is 44.7 Å². The van der Waals surface area contributed by atoms with E-state index in [1.807, 2.05) is 13.8 Å². The normalized spacial score (nSPS) is 20.1. The Balaban J connectivity index is 1.57. The molecule has 150 valence electrons. The van der Waals surface area contributed by atoms with Crippen molar-refractivity contribution in [3.8, 4) is 12.3 Å². The highest BCUT2D eigenvalue weighted by molar-refractivity contribution is 7.09. The predicted molar refractivity (Wildman–Crippen MR) is 105 cm³/mol. The number of terminal acetylenes is 1. The summed E-state index contributed by atoms with van der Waals surface area (Å²) in [6.07, 6.45) is 7.19. The maximum Gasteiger partial charge on any atom is 0.274 e. The van der Waals surface area contributed by atoms with Gasteiger partial charge in [-0.25, -0.2) is 4.98 Å². The van der Waals surface area contributed by atoms with Crippen LogP contribution in [0.25, 0.3) is 0 Å². The molecule has 1 N–H and O–H groups in total. The SMILES string of the molecule is C#CCCC1(CCNC(=O)C2COCCN2C(=O)c2csc(C(C)C)n2)N=N1. The molecule has 0 bridgehead atoms. The number of carbonyl (C=O) groups is 2. The summed E-state index contributed by atoms with van der Waals surface area (Å²) >= 11 is 1.46. The second-order valence-electron chi connectivity index (χ2n) is 7.24. The number of aromatic nitrogens is 1. The number of carbonyl (C=O) groups excluding carboxylic acids is 2. The zero-order valence-electron chi connectivity index (χ0n) is 16.2. The summed E-state index contributed by atoms with van der Waals surface area (Å²) in [6.45, 7) is 5.44. The molecule has 1 aromatic rings. The van der Waals surface area contributed by atoms with Crippen molar-refractivity contribution in [2.45, 2.75) is 50.7 Å². The molecule has 3 heterocycles. The van der Waals surface area contributed by atoms with Crippen molar-refractivity contribution >= 4 is 23.2 Å². The fourth-order valence-electron chi connectivity index (χ4n) is 3.03. The number of amides is 2. The molecule has 0 saturated carbocycles. The molecule has 1 unspecified atom stereocenters. The van der Waals surface area contributed by atoms with Crippen LogP contribution in [0.1, 0.15) is 54.5 Å². The first kappa shape index (κ1) is 20.4. The Morgan fingerprint density at radius 3 is 2.89 bits per heavy atom. The van der Waals surface area contributed by atoms with Gasteiger partial charge in [0.2, 0.25) is 5.91 Å². The minimum atomic E-state index is -0.666. The van der Waals surface area contributed by atoms with Gasteiger partial charge in [0, 0.05) is 43.6 Å².